The van der Waals surface area contributed by atoms with Gasteiger partial charge in [0.15, 0.2) is 0 Å². The average molecular weight is 271 g/mol. The maximum Gasteiger partial charge on any atom is 0.149 e. The summed E-state index contributed by atoms with van der Waals surface area (Å²) in [6.07, 6.45) is 4.42. The SMILES string of the molecule is Cn1cc(-c2ccncc2F)c(-c2ccc(F)cc2)n1. The van der Waals surface area contributed by atoms with Crippen molar-refractivity contribution >= 4 is 0 Å². The normalized spacial score (nSPS) is 10.8. The zero-order chi connectivity index (χ0) is 14.1. The first kappa shape index (κ1) is 12.5. The summed E-state index contributed by atoms with van der Waals surface area (Å²) in [5.41, 5.74) is 2.42. The van der Waals surface area contributed by atoms with Gasteiger partial charge >= 0.3 is 0 Å². The molecule has 3 nitrogen and oxygen atoms in total. The molecule has 0 atom stereocenters. The molecule has 0 unspecified atom stereocenters. The van der Waals surface area contributed by atoms with E-state index in [4.69, 9.17) is 0 Å². The van der Waals surface area contributed by atoms with Crippen LogP contribution in [-0.4, -0.2) is 14.8 Å². The number of nitrogens with zero attached hydrogens (tertiary/aromatic N) is 3. The molecule has 0 aliphatic rings. The number of hydrogen-bond acceptors (Lipinski definition) is 2. The van der Waals surface area contributed by atoms with E-state index in [0.29, 0.717) is 16.8 Å². The highest BCUT2D eigenvalue weighted by Crippen LogP contribution is 2.31. The zero-order valence-electron chi connectivity index (χ0n) is 10.7. The van der Waals surface area contributed by atoms with Crippen molar-refractivity contribution in [2.75, 3.05) is 0 Å². The molecule has 2 aromatic heterocycles. The van der Waals surface area contributed by atoms with Crippen LogP contribution >= 0.6 is 0 Å². The maximum absolute atomic E-state index is 13.9. The predicted molar refractivity (Wildman–Crippen MR) is 71.8 cm³/mol. The molecule has 20 heavy (non-hydrogen) atoms. The van der Waals surface area contributed by atoms with Gasteiger partial charge in [-0.25, -0.2) is 8.78 Å². The number of aryl methyl sites for hydroxylation is 1. The molecule has 5 heteroatoms. The number of pyridine rings is 1. The van der Waals surface area contributed by atoms with Crippen molar-refractivity contribution in [1.82, 2.24) is 14.8 Å². The summed E-state index contributed by atoms with van der Waals surface area (Å²) < 4.78 is 28.5. The Labute approximate surface area is 114 Å². The van der Waals surface area contributed by atoms with Gasteiger partial charge in [-0.15, -0.1) is 0 Å². The van der Waals surface area contributed by atoms with E-state index in [2.05, 4.69) is 10.1 Å². The molecule has 0 aliphatic heterocycles. The molecule has 0 aliphatic carbocycles. The molecule has 100 valence electrons. The first-order valence-corrected chi connectivity index (χ1v) is 6.04. The molecule has 3 rings (SSSR count). The Bertz CT molecular complexity index is 748. The van der Waals surface area contributed by atoms with E-state index in [-0.39, 0.29) is 5.82 Å². The maximum atomic E-state index is 13.9. The van der Waals surface area contributed by atoms with Crippen molar-refractivity contribution in [2.45, 2.75) is 0 Å². The van der Waals surface area contributed by atoms with Crippen LogP contribution in [0.4, 0.5) is 8.78 Å². The summed E-state index contributed by atoms with van der Waals surface area (Å²) in [5, 5.41) is 4.34. The second-order valence-corrected chi connectivity index (χ2v) is 4.43. The number of benzene rings is 1. The average Bonchev–Trinajstić information content (AvgIpc) is 2.82. The highest BCUT2D eigenvalue weighted by atomic mass is 19.1. The van der Waals surface area contributed by atoms with E-state index in [9.17, 15) is 8.78 Å². The van der Waals surface area contributed by atoms with Crippen molar-refractivity contribution in [3.8, 4) is 22.4 Å². The van der Waals surface area contributed by atoms with E-state index >= 15 is 0 Å². The largest absolute Gasteiger partial charge is 0.275 e. The van der Waals surface area contributed by atoms with Gasteiger partial charge in [0.05, 0.1) is 6.20 Å². The molecule has 0 radical (unpaired) electrons. The van der Waals surface area contributed by atoms with Crippen LogP contribution in [-0.2, 0) is 7.05 Å². The van der Waals surface area contributed by atoms with Crippen molar-refractivity contribution in [2.24, 2.45) is 7.05 Å². The molecule has 1 aromatic carbocycles. The highest BCUT2D eigenvalue weighted by Gasteiger charge is 2.15. The summed E-state index contributed by atoms with van der Waals surface area (Å²) in [7, 11) is 1.76. The Balaban J connectivity index is 2.18. The van der Waals surface area contributed by atoms with Crippen LogP contribution in [0.5, 0.6) is 0 Å². The molecule has 0 bridgehead atoms. The Kier molecular flexibility index (Phi) is 3.02. The molecule has 0 saturated heterocycles. The van der Waals surface area contributed by atoms with Crippen molar-refractivity contribution in [1.29, 1.82) is 0 Å². The molecule has 2 heterocycles. The minimum absolute atomic E-state index is 0.318. The third-order valence-corrected chi connectivity index (χ3v) is 3.01. The third-order valence-electron chi connectivity index (χ3n) is 3.01. The number of rotatable bonds is 2. The Morgan fingerprint density at radius 2 is 1.75 bits per heavy atom. The first-order valence-electron chi connectivity index (χ1n) is 6.04. The quantitative estimate of drug-likeness (QED) is 0.715. The van der Waals surface area contributed by atoms with Crippen molar-refractivity contribution in [3.05, 3.63) is 60.6 Å². The number of halogens is 2. The van der Waals surface area contributed by atoms with Gasteiger partial charge in [-0.3, -0.25) is 9.67 Å². The van der Waals surface area contributed by atoms with Gasteiger partial charge in [0, 0.05) is 36.1 Å². The molecule has 0 fully saturated rings. The lowest BCUT2D eigenvalue weighted by molar-refractivity contribution is 0.625. The lowest BCUT2D eigenvalue weighted by Gasteiger charge is -2.03. The smallest absolute Gasteiger partial charge is 0.149 e. The lowest BCUT2D eigenvalue weighted by atomic mass is 10.0. The van der Waals surface area contributed by atoms with Crippen molar-refractivity contribution < 1.29 is 8.78 Å². The first-order chi connectivity index (χ1) is 9.65. The Hall–Kier alpha value is -2.56. The second-order valence-electron chi connectivity index (χ2n) is 4.43. The lowest BCUT2D eigenvalue weighted by Crippen LogP contribution is -1.88. The van der Waals surface area contributed by atoms with Crippen LogP contribution in [0.1, 0.15) is 0 Å². The summed E-state index contributed by atoms with van der Waals surface area (Å²) in [6, 6.07) is 7.56. The number of hydrogen-bond donors (Lipinski definition) is 0. The van der Waals surface area contributed by atoms with E-state index in [0.717, 1.165) is 11.8 Å². The zero-order valence-corrected chi connectivity index (χ0v) is 10.7. The molecular formula is C15H11F2N3. The van der Waals surface area contributed by atoms with E-state index in [1.165, 1.54) is 18.3 Å². The molecular weight excluding hydrogens is 260 g/mol. The third kappa shape index (κ3) is 2.18. The summed E-state index contributed by atoms with van der Waals surface area (Å²) in [5.74, 6) is -0.731. The molecule has 0 amide bonds. The fourth-order valence-corrected chi connectivity index (χ4v) is 2.10. The predicted octanol–water partition coefficient (Wildman–Crippen LogP) is 3.43. The topological polar surface area (TPSA) is 30.7 Å². The van der Waals surface area contributed by atoms with E-state index in [1.807, 2.05) is 0 Å². The van der Waals surface area contributed by atoms with Crippen LogP contribution in [0.2, 0.25) is 0 Å². The van der Waals surface area contributed by atoms with Gasteiger partial charge < -0.3 is 0 Å². The van der Waals surface area contributed by atoms with Gasteiger partial charge in [-0.1, -0.05) is 0 Å². The van der Waals surface area contributed by atoms with Gasteiger partial charge in [-0.2, -0.15) is 5.10 Å². The summed E-state index contributed by atoms with van der Waals surface area (Å²) >= 11 is 0. The van der Waals surface area contributed by atoms with E-state index < -0.39 is 5.82 Å². The van der Waals surface area contributed by atoms with Crippen LogP contribution in [0.25, 0.3) is 22.4 Å². The van der Waals surface area contributed by atoms with Gasteiger partial charge in [-0.05, 0) is 30.3 Å². The van der Waals surface area contributed by atoms with E-state index in [1.54, 1.807) is 36.1 Å². The Morgan fingerprint density at radius 1 is 1.00 bits per heavy atom. The van der Waals surface area contributed by atoms with Gasteiger partial charge in [0.25, 0.3) is 0 Å². The molecule has 3 aromatic rings. The Morgan fingerprint density at radius 3 is 2.45 bits per heavy atom. The highest BCUT2D eigenvalue weighted by molar-refractivity contribution is 5.80. The van der Waals surface area contributed by atoms with Crippen molar-refractivity contribution in [3.63, 3.8) is 0 Å². The van der Waals surface area contributed by atoms with Gasteiger partial charge in [0.1, 0.15) is 17.3 Å². The molecule has 0 N–H and O–H groups in total. The minimum atomic E-state index is -0.413. The molecule has 0 spiro atoms. The van der Waals surface area contributed by atoms with Crippen LogP contribution in [0.3, 0.4) is 0 Å². The van der Waals surface area contributed by atoms with Gasteiger partial charge in [0.2, 0.25) is 0 Å². The monoisotopic (exact) mass is 271 g/mol. The summed E-state index contributed by atoms with van der Waals surface area (Å²) in [4.78, 5) is 3.74. The fraction of sp³-hybridized carbons (Fsp3) is 0.0667. The summed E-state index contributed by atoms with van der Waals surface area (Å²) in [6.45, 7) is 0. The van der Waals surface area contributed by atoms with Crippen LogP contribution in [0.15, 0.2) is 48.9 Å². The molecule has 0 saturated carbocycles. The van der Waals surface area contributed by atoms with Crippen LogP contribution in [0, 0.1) is 11.6 Å². The van der Waals surface area contributed by atoms with Crippen LogP contribution < -0.4 is 0 Å². The minimum Gasteiger partial charge on any atom is -0.275 e. The standard InChI is InChI=1S/C15H11F2N3/c1-20-9-13(12-6-7-18-8-14(12)17)15(19-20)10-2-4-11(16)5-3-10/h2-9H,1H3. The second kappa shape index (κ2) is 4.85. The fourth-order valence-electron chi connectivity index (χ4n) is 2.10. The number of aromatic nitrogens is 3.